The maximum absolute atomic E-state index is 3.63. The summed E-state index contributed by atoms with van der Waals surface area (Å²) >= 11 is 2.21. The molecule has 1 aromatic carbocycles. The zero-order chi connectivity index (χ0) is 9.94. The van der Waals surface area contributed by atoms with Crippen molar-refractivity contribution in [2.45, 2.75) is 24.9 Å². The summed E-state index contributed by atoms with van der Waals surface area (Å²) in [5, 5.41) is 1.34. The fraction of sp³-hybridized carbons (Fsp3) is 0.333. The number of hydrogen-bond donors (Lipinski definition) is 0. The van der Waals surface area contributed by atoms with Gasteiger partial charge in [0.1, 0.15) is 0 Å². The van der Waals surface area contributed by atoms with Crippen LogP contribution in [-0.4, -0.2) is 17.7 Å². The van der Waals surface area contributed by atoms with E-state index in [0.29, 0.717) is 0 Å². The Labute approximate surface area is 91.3 Å². The Kier molecular flexibility index (Phi) is 9.32. The molecule has 0 aromatic heterocycles. The minimum absolute atomic E-state index is 1.17. The van der Waals surface area contributed by atoms with Gasteiger partial charge in [-0.2, -0.15) is 0 Å². The first-order valence-corrected chi connectivity index (χ1v) is 5.02. The molecule has 0 saturated heterocycles. The van der Waals surface area contributed by atoms with Crippen LogP contribution in [0.2, 0.25) is 5.09 Å². The first-order chi connectivity index (χ1) is 6.35. The normalized spacial score (nSPS) is 8.54. The Hall–Kier alpha value is -0.443. The van der Waals surface area contributed by atoms with Gasteiger partial charge < -0.3 is 0 Å². The zero-order valence-electron chi connectivity index (χ0n) is 8.79. The van der Waals surface area contributed by atoms with Crippen molar-refractivity contribution in [1.29, 1.82) is 0 Å². The molecular weight excluding hydrogens is 151 g/mol. The predicted molar refractivity (Wildman–Crippen MR) is 62.0 cm³/mol. The minimum atomic E-state index is 1.17. The molecular formula is C12H17Li. The summed E-state index contributed by atoms with van der Waals surface area (Å²) < 4.78 is 0. The van der Waals surface area contributed by atoms with Crippen LogP contribution in [0.25, 0.3) is 6.08 Å². The third kappa shape index (κ3) is 7.90. The molecule has 0 heterocycles. The molecule has 66 valence electrons. The van der Waals surface area contributed by atoms with E-state index in [9.17, 15) is 0 Å². The van der Waals surface area contributed by atoms with Crippen molar-refractivity contribution in [3.8, 4) is 0 Å². The van der Waals surface area contributed by atoms with Gasteiger partial charge in [0.15, 0.2) is 0 Å². The quantitative estimate of drug-likeness (QED) is 0.603. The van der Waals surface area contributed by atoms with Crippen molar-refractivity contribution in [3.63, 3.8) is 0 Å². The van der Waals surface area contributed by atoms with Crippen LogP contribution >= 0.6 is 0 Å². The monoisotopic (exact) mass is 168 g/mol. The van der Waals surface area contributed by atoms with Crippen LogP contribution in [0.1, 0.15) is 25.3 Å². The Morgan fingerprint density at radius 1 is 1.31 bits per heavy atom. The van der Waals surface area contributed by atoms with Gasteiger partial charge in [0.25, 0.3) is 0 Å². The molecule has 1 aromatic rings. The molecule has 0 N–H and O–H groups in total. The van der Waals surface area contributed by atoms with Gasteiger partial charge in [-0.25, -0.2) is 0 Å². The molecule has 0 aliphatic heterocycles. The van der Waals surface area contributed by atoms with E-state index >= 15 is 0 Å². The van der Waals surface area contributed by atoms with Crippen molar-refractivity contribution >= 4 is 23.8 Å². The fourth-order valence-electron chi connectivity index (χ4n) is 0.943. The molecule has 0 radical (unpaired) electrons. The Balaban J connectivity index is 0.000000252. The molecule has 1 heteroatoms. The molecule has 13 heavy (non-hydrogen) atoms. The van der Waals surface area contributed by atoms with E-state index in [1.165, 1.54) is 23.5 Å². The van der Waals surface area contributed by atoms with Gasteiger partial charge in [-0.15, -0.1) is 0 Å². The van der Waals surface area contributed by atoms with Gasteiger partial charge in [-0.05, 0) is 5.56 Å². The predicted octanol–water partition coefficient (Wildman–Crippen LogP) is 3.70. The number of unbranched alkanes of at least 4 members (excludes halogenated alkanes) is 1. The first-order valence-electron chi connectivity index (χ1n) is 5.02. The third-order valence-corrected chi connectivity index (χ3v) is 1.74. The third-order valence-electron chi connectivity index (χ3n) is 1.74. The van der Waals surface area contributed by atoms with Crippen LogP contribution in [0.4, 0.5) is 0 Å². The average molecular weight is 168 g/mol. The van der Waals surface area contributed by atoms with Gasteiger partial charge in [0.2, 0.25) is 0 Å². The van der Waals surface area contributed by atoms with Crippen molar-refractivity contribution in [2.24, 2.45) is 0 Å². The second-order valence-corrected chi connectivity index (χ2v) is 2.97. The summed E-state index contributed by atoms with van der Waals surface area (Å²) in [6.07, 6.45) is 4.57. The molecule has 0 atom stereocenters. The van der Waals surface area contributed by atoms with Crippen molar-refractivity contribution < 1.29 is 0 Å². The standard InChI is InChI=1S/C8H8.C4H9.Li/c1-2-8-6-4-3-5-7-8;1-3-4-2;/h2-7H,1H2;1,3-4H2,2H3;. The Bertz CT molecular complexity index is 202. The second-order valence-electron chi connectivity index (χ2n) is 2.97. The maximum atomic E-state index is 3.63. The Morgan fingerprint density at radius 3 is 2.15 bits per heavy atom. The zero-order valence-corrected chi connectivity index (χ0v) is 8.79. The van der Waals surface area contributed by atoms with E-state index < -0.39 is 0 Å². The molecule has 0 unspecified atom stereocenters. The number of hydrogen-bond acceptors (Lipinski definition) is 0. The topological polar surface area (TPSA) is 0 Å². The van der Waals surface area contributed by atoms with Crippen LogP contribution in [0.3, 0.4) is 0 Å². The molecule has 0 aliphatic carbocycles. The van der Waals surface area contributed by atoms with Crippen LogP contribution in [-0.2, 0) is 0 Å². The van der Waals surface area contributed by atoms with E-state index in [-0.39, 0.29) is 0 Å². The van der Waals surface area contributed by atoms with E-state index in [0.717, 1.165) is 0 Å². The molecule has 0 saturated carbocycles. The van der Waals surface area contributed by atoms with Crippen molar-refractivity contribution in [3.05, 3.63) is 42.5 Å². The van der Waals surface area contributed by atoms with Gasteiger partial charge in [-0.3, -0.25) is 0 Å². The Morgan fingerprint density at radius 2 is 1.92 bits per heavy atom. The van der Waals surface area contributed by atoms with Gasteiger partial charge in [0.05, 0.1) is 0 Å². The van der Waals surface area contributed by atoms with E-state index in [1.54, 1.807) is 0 Å². The molecule has 0 amide bonds. The first kappa shape index (κ1) is 12.6. The molecule has 0 bridgehead atoms. The van der Waals surface area contributed by atoms with Crippen LogP contribution < -0.4 is 0 Å². The summed E-state index contributed by atoms with van der Waals surface area (Å²) in [6, 6.07) is 10.0. The van der Waals surface area contributed by atoms with Gasteiger partial charge in [0, 0.05) is 0 Å². The van der Waals surface area contributed by atoms with Crippen LogP contribution in [0, 0.1) is 0 Å². The fourth-order valence-corrected chi connectivity index (χ4v) is 0.943. The molecule has 0 aliphatic rings. The molecule has 0 nitrogen and oxygen atoms in total. The van der Waals surface area contributed by atoms with Gasteiger partial charge >= 0.3 is 42.6 Å². The molecule has 0 spiro atoms. The van der Waals surface area contributed by atoms with E-state index in [1.807, 2.05) is 36.4 Å². The van der Waals surface area contributed by atoms with E-state index in [2.05, 4.69) is 31.2 Å². The number of benzene rings is 1. The van der Waals surface area contributed by atoms with Crippen molar-refractivity contribution in [2.75, 3.05) is 0 Å². The van der Waals surface area contributed by atoms with Crippen molar-refractivity contribution in [1.82, 2.24) is 0 Å². The summed E-state index contributed by atoms with van der Waals surface area (Å²) in [7, 11) is 0. The summed E-state index contributed by atoms with van der Waals surface area (Å²) in [4.78, 5) is 0. The van der Waals surface area contributed by atoms with Crippen LogP contribution in [0.15, 0.2) is 36.9 Å². The van der Waals surface area contributed by atoms with Gasteiger partial charge in [-0.1, -0.05) is 43.0 Å². The average Bonchev–Trinajstić information content (AvgIpc) is 2.21. The van der Waals surface area contributed by atoms with E-state index in [4.69, 9.17) is 0 Å². The summed E-state index contributed by atoms with van der Waals surface area (Å²) in [5.41, 5.74) is 1.17. The number of rotatable bonds is 3. The summed E-state index contributed by atoms with van der Waals surface area (Å²) in [6.45, 7) is 5.84. The molecule has 1 rings (SSSR count). The summed E-state index contributed by atoms with van der Waals surface area (Å²) in [5.74, 6) is 0. The second kappa shape index (κ2) is 9.64. The SMILES string of the molecule is C=Cc1ccccc1.[Li][CH2]CCC. The molecule has 0 fully saturated rings. The van der Waals surface area contributed by atoms with Crippen LogP contribution in [0.5, 0.6) is 0 Å².